The first-order chi connectivity index (χ1) is 15.0. The molecule has 0 aliphatic carbocycles. The fraction of sp³-hybridized carbons (Fsp3) is 0.375. The lowest BCUT2D eigenvalue weighted by atomic mass is 9.87. The third kappa shape index (κ3) is 3.44. The van der Waals surface area contributed by atoms with Crippen LogP contribution in [0.15, 0.2) is 42.7 Å². The van der Waals surface area contributed by atoms with Crippen LogP contribution in [0, 0.1) is 0 Å². The minimum atomic E-state index is 0.117. The first-order valence-electron chi connectivity index (χ1n) is 10.9. The number of carbonyl (C=O) groups is 1. The molecule has 0 saturated heterocycles. The van der Waals surface area contributed by atoms with Gasteiger partial charge in [-0.15, -0.1) is 0 Å². The zero-order valence-electron chi connectivity index (χ0n) is 18.3. The molecule has 2 aliphatic rings. The number of fused-ring (bicyclic) bond motifs is 2. The van der Waals surface area contributed by atoms with E-state index in [-0.39, 0.29) is 5.91 Å². The second-order valence-electron chi connectivity index (χ2n) is 8.44. The summed E-state index contributed by atoms with van der Waals surface area (Å²) in [5, 5.41) is 12.3. The van der Waals surface area contributed by atoms with Gasteiger partial charge in [-0.3, -0.25) is 14.6 Å². The lowest BCUT2D eigenvalue weighted by Gasteiger charge is -2.35. The second-order valence-corrected chi connectivity index (χ2v) is 8.44. The van der Waals surface area contributed by atoms with Crippen LogP contribution < -0.4 is 4.90 Å². The average Bonchev–Trinajstić information content (AvgIpc) is 3.39. The highest BCUT2D eigenvalue weighted by Gasteiger charge is 2.31. The van der Waals surface area contributed by atoms with Gasteiger partial charge < -0.3 is 9.80 Å². The van der Waals surface area contributed by atoms with Gasteiger partial charge in [0.15, 0.2) is 5.82 Å². The van der Waals surface area contributed by atoms with Crippen LogP contribution in [0.4, 0.5) is 11.5 Å². The number of aromatic nitrogens is 4. The van der Waals surface area contributed by atoms with E-state index in [0.717, 1.165) is 48.6 Å². The van der Waals surface area contributed by atoms with Crippen LogP contribution in [0.2, 0.25) is 0 Å². The van der Waals surface area contributed by atoms with E-state index in [1.165, 1.54) is 16.8 Å². The molecule has 2 aliphatic heterocycles. The van der Waals surface area contributed by atoms with Crippen LogP contribution in [0.25, 0.3) is 11.1 Å². The molecule has 0 bridgehead atoms. The number of rotatable bonds is 3. The Hall–Kier alpha value is -3.35. The summed E-state index contributed by atoms with van der Waals surface area (Å²) in [6.07, 6.45) is 10.2. The third-order valence-electron chi connectivity index (χ3n) is 6.46. The van der Waals surface area contributed by atoms with Crippen molar-refractivity contribution in [2.24, 2.45) is 7.05 Å². The SMILES string of the molecule is C/C=C/C1CCN(c2n[nH]c3c2CN(C(C)=O)CC3)c2ccc(-c3cnn(C)c3)cc21. The number of aryl methyl sites for hydroxylation is 1. The van der Waals surface area contributed by atoms with Gasteiger partial charge in [-0.05, 0) is 36.6 Å². The van der Waals surface area contributed by atoms with Gasteiger partial charge in [-0.1, -0.05) is 18.2 Å². The van der Waals surface area contributed by atoms with E-state index in [4.69, 9.17) is 5.10 Å². The van der Waals surface area contributed by atoms with Crippen molar-refractivity contribution in [1.29, 1.82) is 0 Å². The highest BCUT2D eigenvalue weighted by atomic mass is 16.2. The second kappa shape index (κ2) is 7.72. The molecule has 31 heavy (non-hydrogen) atoms. The van der Waals surface area contributed by atoms with Crippen LogP contribution >= 0.6 is 0 Å². The Morgan fingerprint density at radius 2 is 2.13 bits per heavy atom. The summed E-state index contributed by atoms with van der Waals surface area (Å²) >= 11 is 0. The van der Waals surface area contributed by atoms with Crippen molar-refractivity contribution in [3.05, 3.63) is 59.6 Å². The van der Waals surface area contributed by atoms with E-state index in [1.54, 1.807) is 6.92 Å². The topological polar surface area (TPSA) is 70.1 Å². The minimum absolute atomic E-state index is 0.117. The van der Waals surface area contributed by atoms with Crippen LogP contribution in [-0.4, -0.2) is 43.9 Å². The molecule has 0 saturated carbocycles. The Morgan fingerprint density at radius 3 is 2.87 bits per heavy atom. The fourth-order valence-electron chi connectivity index (χ4n) is 4.82. The van der Waals surface area contributed by atoms with Gasteiger partial charge in [0.05, 0.1) is 12.7 Å². The van der Waals surface area contributed by atoms with Crippen LogP contribution in [0.1, 0.15) is 43.0 Å². The summed E-state index contributed by atoms with van der Waals surface area (Å²) < 4.78 is 1.83. The maximum Gasteiger partial charge on any atom is 0.219 e. The lowest BCUT2D eigenvalue weighted by Crippen LogP contribution is -2.35. The lowest BCUT2D eigenvalue weighted by molar-refractivity contribution is -0.129. The Bertz CT molecular complexity index is 1160. The predicted octanol–water partition coefficient (Wildman–Crippen LogP) is 3.92. The zero-order chi connectivity index (χ0) is 21.5. The van der Waals surface area contributed by atoms with E-state index in [2.05, 4.69) is 52.4 Å². The molecule has 1 N–H and O–H groups in total. The molecule has 7 heteroatoms. The van der Waals surface area contributed by atoms with Crippen LogP contribution in [-0.2, 0) is 24.8 Å². The summed E-state index contributed by atoms with van der Waals surface area (Å²) in [5.74, 6) is 1.44. The summed E-state index contributed by atoms with van der Waals surface area (Å²) in [4.78, 5) is 16.2. The molecule has 0 radical (unpaired) electrons. The summed E-state index contributed by atoms with van der Waals surface area (Å²) in [6, 6.07) is 6.67. The van der Waals surface area contributed by atoms with Crippen molar-refractivity contribution in [2.75, 3.05) is 18.0 Å². The summed E-state index contributed by atoms with van der Waals surface area (Å²) in [5.41, 5.74) is 7.09. The van der Waals surface area contributed by atoms with Gasteiger partial charge >= 0.3 is 0 Å². The number of amides is 1. The van der Waals surface area contributed by atoms with Gasteiger partial charge in [0.1, 0.15) is 0 Å². The van der Waals surface area contributed by atoms with E-state index in [0.29, 0.717) is 12.5 Å². The number of benzene rings is 1. The number of aromatic amines is 1. The molecule has 5 rings (SSSR count). The largest absolute Gasteiger partial charge is 0.338 e. The molecule has 1 atom stereocenters. The van der Waals surface area contributed by atoms with E-state index in [1.807, 2.05) is 29.0 Å². The quantitative estimate of drug-likeness (QED) is 0.657. The first-order valence-corrected chi connectivity index (χ1v) is 10.9. The van der Waals surface area contributed by atoms with E-state index < -0.39 is 0 Å². The smallest absolute Gasteiger partial charge is 0.219 e. The predicted molar refractivity (Wildman–Crippen MR) is 121 cm³/mol. The van der Waals surface area contributed by atoms with Crippen molar-refractivity contribution < 1.29 is 4.79 Å². The number of nitrogens with zero attached hydrogens (tertiary/aromatic N) is 5. The van der Waals surface area contributed by atoms with Crippen molar-refractivity contribution >= 4 is 17.4 Å². The average molecular weight is 417 g/mol. The number of H-pyrrole nitrogens is 1. The first kappa shape index (κ1) is 19.6. The maximum absolute atomic E-state index is 12.0. The van der Waals surface area contributed by atoms with Gasteiger partial charge in [0, 0.05) is 68.1 Å². The van der Waals surface area contributed by atoms with Gasteiger partial charge in [-0.2, -0.15) is 10.2 Å². The zero-order valence-corrected chi connectivity index (χ0v) is 18.3. The van der Waals surface area contributed by atoms with Crippen molar-refractivity contribution in [2.45, 2.75) is 39.2 Å². The fourth-order valence-corrected chi connectivity index (χ4v) is 4.82. The highest BCUT2D eigenvalue weighted by molar-refractivity contribution is 5.76. The molecule has 4 heterocycles. The van der Waals surface area contributed by atoms with Gasteiger partial charge in [-0.25, -0.2) is 0 Å². The minimum Gasteiger partial charge on any atom is -0.338 e. The number of nitrogens with one attached hydrogen (secondary N) is 1. The molecule has 7 nitrogen and oxygen atoms in total. The Morgan fingerprint density at radius 1 is 1.26 bits per heavy atom. The van der Waals surface area contributed by atoms with Crippen LogP contribution in [0.3, 0.4) is 0 Å². The monoisotopic (exact) mass is 416 g/mol. The molecular formula is C24H28N6O. The summed E-state index contributed by atoms with van der Waals surface area (Å²) in [7, 11) is 1.94. The standard InChI is InChI=1S/C24H28N6O/c1-4-5-17-8-11-30(24-21-15-29(16(2)31)10-9-22(21)26-27-24)23-7-6-18(12-20(17)23)19-13-25-28(3)14-19/h4-7,12-14,17H,8-11,15H2,1-3H3,(H,26,27)/b5-4+. The molecule has 2 aromatic heterocycles. The molecule has 1 unspecified atom stereocenters. The van der Waals surface area contributed by atoms with Gasteiger partial charge in [0.25, 0.3) is 0 Å². The molecule has 1 amide bonds. The Kier molecular flexibility index (Phi) is 4.88. The molecule has 160 valence electrons. The number of anilines is 2. The van der Waals surface area contributed by atoms with E-state index in [9.17, 15) is 4.79 Å². The van der Waals surface area contributed by atoms with Crippen molar-refractivity contribution in [3.8, 4) is 11.1 Å². The Balaban J connectivity index is 1.57. The molecule has 3 aromatic rings. The number of hydrogen-bond donors (Lipinski definition) is 1. The van der Waals surface area contributed by atoms with Gasteiger partial charge in [0.2, 0.25) is 5.91 Å². The molecule has 0 spiro atoms. The number of allylic oxidation sites excluding steroid dienone is 2. The van der Waals surface area contributed by atoms with E-state index >= 15 is 0 Å². The normalized spacial score (nSPS) is 18.4. The summed E-state index contributed by atoms with van der Waals surface area (Å²) in [6.45, 7) is 5.98. The number of hydrogen-bond acceptors (Lipinski definition) is 4. The Labute approximate surface area is 182 Å². The van der Waals surface area contributed by atoms with Crippen molar-refractivity contribution in [3.63, 3.8) is 0 Å². The van der Waals surface area contributed by atoms with Crippen molar-refractivity contribution in [1.82, 2.24) is 24.9 Å². The maximum atomic E-state index is 12.0. The van der Waals surface area contributed by atoms with Crippen LogP contribution in [0.5, 0.6) is 0 Å². The molecule has 0 fully saturated rings. The number of carbonyl (C=O) groups excluding carboxylic acids is 1. The molecular weight excluding hydrogens is 388 g/mol. The third-order valence-corrected chi connectivity index (χ3v) is 6.46. The highest BCUT2D eigenvalue weighted by Crippen LogP contribution is 2.43. The molecule has 1 aromatic carbocycles.